The van der Waals surface area contributed by atoms with Gasteiger partial charge in [-0.1, -0.05) is 24.3 Å². The monoisotopic (exact) mass is 364 g/mol. The van der Waals surface area contributed by atoms with Crippen LogP contribution in [0.4, 0.5) is 10.3 Å². The van der Waals surface area contributed by atoms with Crippen molar-refractivity contribution in [1.29, 1.82) is 0 Å². The van der Waals surface area contributed by atoms with E-state index in [1.165, 1.54) is 12.1 Å². The highest BCUT2D eigenvalue weighted by molar-refractivity contribution is 5.94. The normalized spacial score (nSPS) is 14.9. The highest BCUT2D eigenvalue weighted by Crippen LogP contribution is 2.22. The predicted octanol–water partition coefficient (Wildman–Crippen LogP) is 3.93. The van der Waals surface area contributed by atoms with E-state index in [4.69, 9.17) is 0 Å². The lowest BCUT2D eigenvalue weighted by Crippen LogP contribution is -2.42. The number of piperidine rings is 1. The molecule has 3 aromatic rings. The Bertz CT molecular complexity index is 883. The molecule has 0 saturated carbocycles. The first-order chi connectivity index (χ1) is 13.2. The predicted molar refractivity (Wildman–Crippen MR) is 103 cm³/mol. The van der Waals surface area contributed by atoms with Crippen LogP contribution < -0.4 is 5.32 Å². The number of amides is 1. The van der Waals surface area contributed by atoms with Crippen molar-refractivity contribution in [3.63, 3.8) is 0 Å². The summed E-state index contributed by atoms with van der Waals surface area (Å²) in [4.78, 5) is 21.9. The maximum Gasteiger partial charge on any atom is 0.253 e. The van der Waals surface area contributed by atoms with Gasteiger partial charge in [-0.05, 0) is 48.2 Å². The number of likely N-dealkylation sites (tertiary alicyclic amines) is 1. The minimum atomic E-state index is -0.254. The number of carbonyl (C=O) groups excluding carboxylic acids is 1. The third-order valence-electron chi connectivity index (χ3n) is 4.93. The van der Waals surface area contributed by atoms with Crippen LogP contribution in [0.1, 0.15) is 23.2 Å². The highest BCUT2D eigenvalue weighted by Gasteiger charge is 2.23. The first kappa shape index (κ1) is 17.3. The third-order valence-corrected chi connectivity index (χ3v) is 4.93. The lowest BCUT2D eigenvalue weighted by atomic mass is 10.0. The van der Waals surface area contributed by atoms with Crippen LogP contribution in [0.2, 0.25) is 0 Å². The Kier molecular flexibility index (Phi) is 4.87. The summed E-state index contributed by atoms with van der Waals surface area (Å²) in [7, 11) is 0. The van der Waals surface area contributed by atoms with E-state index in [-0.39, 0.29) is 11.7 Å². The molecule has 0 bridgehead atoms. The van der Waals surface area contributed by atoms with Gasteiger partial charge in [0.15, 0.2) is 5.95 Å². The van der Waals surface area contributed by atoms with Gasteiger partial charge in [0.1, 0.15) is 5.82 Å². The molecule has 1 aromatic heterocycles. The van der Waals surface area contributed by atoms with E-state index < -0.39 is 0 Å². The molecule has 1 aliphatic rings. The quantitative estimate of drug-likeness (QED) is 0.737. The fourth-order valence-electron chi connectivity index (χ4n) is 3.39. The number of nitrogens with one attached hydrogen (secondary N) is 2. The molecule has 27 heavy (non-hydrogen) atoms. The molecule has 1 aliphatic heterocycles. The Hall–Kier alpha value is -3.15. The van der Waals surface area contributed by atoms with Gasteiger partial charge in [-0.25, -0.2) is 9.37 Å². The molecule has 0 atom stereocenters. The molecule has 0 unspecified atom stereocenters. The molecular formula is C21H21FN4O. The molecule has 2 N–H and O–H groups in total. The zero-order valence-electron chi connectivity index (χ0n) is 14.9. The average Bonchev–Trinajstić information content (AvgIpc) is 3.22. The van der Waals surface area contributed by atoms with Crippen LogP contribution in [0.25, 0.3) is 11.1 Å². The Morgan fingerprint density at radius 3 is 2.26 bits per heavy atom. The molecule has 0 aliphatic carbocycles. The van der Waals surface area contributed by atoms with Crippen LogP contribution in [0.5, 0.6) is 0 Å². The topological polar surface area (TPSA) is 61.0 Å². The number of hydrogen-bond acceptors (Lipinski definition) is 3. The van der Waals surface area contributed by atoms with Crippen LogP contribution in [0.15, 0.2) is 60.9 Å². The summed E-state index contributed by atoms with van der Waals surface area (Å²) in [5.74, 6) is 0.573. The summed E-state index contributed by atoms with van der Waals surface area (Å²) in [6.45, 7) is 1.44. The van der Waals surface area contributed by atoms with Gasteiger partial charge in [0.05, 0.1) is 0 Å². The molecule has 0 radical (unpaired) electrons. The molecule has 138 valence electrons. The van der Waals surface area contributed by atoms with Crippen molar-refractivity contribution in [2.75, 3.05) is 18.4 Å². The molecule has 1 amide bonds. The molecule has 5 nitrogen and oxygen atoms in total. The molecule has 2 aromatic carbocycles. The molecule has 0 spiro atoms. The van der Waals surface area contributed by atoms with Gasteiger partial charge in [0.25, 0.3) is 5.91 Å². The zero-order valence-corrected chi connectivity index (χ0v) is 14.9. The maximum absolute atomic E-state index is 13.1. The number of carbonyl (C=O) groups is 1. The minimum absolute atomic E-state index is 0.0529. The smallest absolute Gasteiger partial charge is 0.253 e. The van der Waals surface area contributed by atoms with Crippen LogP contribution >= 0.6 is 0 Å². The van der Waals surface area contributed by atoms with Crippen molar-refractivity contribution >= 4 is 11.9 Å². The molecule has 1 saturated heterocycles. The summed E-state index contributed by atoms with van der Waals surface area (Å²) in [5.41, 5.74) is 2.58. The molecule has 2 heterocycles. The second-order valence-corrected chi connectivity index (χ2v) is 6.73. The van der Waals surface area contributed by atoms with Gasteiger partial charge in [0.2, 0.25) is 0 Å². The van der Waals surface area contributed by atoms with E-state index in [2.05, 4.69) is 15.3 Å². The molecular weight excluding hydrogens is 343 g/mol. The lowest BCUT2D eigenvalue weighted by molar-refractivity contribution is 0.0718. The highest BCUT2D eigenvalue weighted by atomic mass is 19.1. The van der Waals surface area contributed by atoms with Crippen LogP contribution in [0.3, 0.4) is 0 Å². The number of rotatable bonds is 4. The van der Waals surface area contributed by atoms with E-state index in [0.717, 1.165) is 43.0 Å². The lowest BCUT2D eigenvalue weighted by Gasteiger charge is -2.32. The van der Waals surface area contributed by atoms with Gasteiger partial charge in [-0.2, -0.15) is 0 Å². The Morgan fingerprint density at radius 2 is 1.67 bits per heavy atom. The molecule has 6 heteroatoms. The van der Waals surface area contributed by atoms with Crippen LogP contribution in [-0.4, -0.2) is 39.9 Å². The van der Waals surface area contributed by atoms with Crippen LogP contribution in [-0.2, 0) is 0 Å². The average molecular weight is 364 g/mol. The summed E-state index contributed by atoms with van der Waals surface area (Å²) in [6, 6.07) is 14.2. The summed E-state index contributed by atoms with van der Waals surface area (Å²) < 4.78 is 13.1. The van der Waals surface area contributed by atoms with Gasteiger partial charge < -0.3 is 15.2 Å². The SMILES string of the molecule is O=C(c1ccc(-c2ccc(F)cc2)cc1)N1CCC(Nc2ncc[nH]2)CC1. The summed E-state index contributed by atoms with van der Waals surface area (Å²) >= 11 is 0. The minimum Gasteiger partial charge on any atom is -0.353 e. The summed E-state index contributed by atoms with van der Waals surface area (Å²) in [5, 5.41) is 3.36. The fourth-order valence-corrected chi connectivity index (χ4v) is 3.39. The molecule has 1 fully saturated rings. The maximum atomic E-state index is 13.1. The number of benzene rings is 2. The van der Waals surface area contributed by atoms with Gasteiger partial charge in [-0.3, -0.25) is 4.79 Å². The summed E-state index contributed by atoms with van der Waals surface area (Å²) in [6.07, 6.45) is 5.29. The van der Waals surface area contributed by atoms with E-state index in [1.54, 1.807) is 24.5 Å². The fraction of sp³-hybridized carbons (Fsp3) is 0.238. The number of hydrogen-bond donors (Lipinski definition) is 2. The van der Waals surface area contributed by atoms with Crippen molar-refractivity contribution in [3.8, 4) is 11.1 Å². The zero-order chi connectivity index (χ0) is 18.6. The number of anilines is 1. The Morgan fingerprint density at radius 1 is 1.04 bits per heavy atom. The number of halogens is 1. The second-order valence-electron chi connectivity index (χ2n) is 6.73. The largest absolute Gasteiger partial charge is 0.353 e. The Labute approximate surface area is 157 Å². The van der Waals surface area contributed by atoms with Crippen LogP contribution in [0, 0.1) is 5.82 Å². The first-order valence-electron chi connectivity index (χ1n) is 9.10. The van der Waals surface area contributed by atoms with Crippen molar-refractivity contribution in [2.45, 2.75) is 18.9 Å². The number of aromatic amines is 1. The van der Waals surface area contributed by atoms with E-state index >= 15 is 0 Å². The van der Waals surface area contributed by atoms with Gasteiger partial charge >= 0.3 is 0 Å². The number of aromatic nitrogens is 2. The van der Waals surface area contributed by atoms with E-state index in [1.807, 2.05) is 29.2 Å². The van der Waals surface area contributed by atoms with E-state index in [0.29, 0.717) is 11.6 Å². The molecule has 4 rings (SSSR count). The van der Waals surface area contributed by atoms with Gasteiger partial charge in [-0.15, -0.1) is 0 Å². The number of imidazole rings is 1. The van der Waals surface area contributed by atoms with Crippen molar-refractivity contribution in [1.82, 2.24) is 14.9 Å². The van der Waals surface area contributed by atoms with Gasteiger partial charge in [0, 0.05) is 37.1 Å². The third kappa shape index (κ3) is 4.00. The van der Waals surface area contributed by atoms with Crippen molar-refractivity contribution in [3.05, 3.63) is 72.3 Å². The first-order valence-corrected chi connectivity index (χ1v) is 9.10. The Balaban J connectivity index is 1.36. The standard InChI is InChI=1S/C21H21FN4O/c22-18-7-5-16(6-8-18)15-1-3-17(4-2-15)20(27)26-13-9-19(10-14-26)25-21-23-11-12-24-21/h1-8,11-12,19H,9-10,13-14H2,(H2,23,24,25). The van der Waals surface area contributed by atoms with Crippen molar-refractivity contribution < 1.29 is 9.18 Å². The van der Waals surface area contributed by atoms with E-state index in [9.17, 15) is 9.18 Å². The second kappa shape index (κ2) is 7.61. The number of nitrogens with zero attached hydrogens (tertiary/aromatic N) is 2. The number of H-pyrrole nitrogens is 1. The van der Waals surface area contributed by atoms with Crippen molar-refractivity contribution in [2.24, 2.45) is 0 Å².